The van der Waals surface area contributed by atoms with Gasteiger partial charge in [0.15, 0.2) is 6.61 Å². The quantitative estimate of drug-likeness (QED) is 0.507. The van der Waals surface area contributed by atoms with Gasteiger partial charge in [0.25, 0.3) is 5.91 Å². The molecule has 0 bridgehead atoms. The molecule has 0 aliphatic rings. The number of carbonyl (C=O) groups is 2. The third-order valence-corrected chi connectivity index (χ3v) is 4.72. The molecule has 0 saturated carbocycles. The van der Waals surface area contributed by atoms with Crippen molar-refractivity contribution in [2.75, 3.05) is 25.3 Å². The van der Waals surface area contributed by atoms with Crippen molar-refractivity contribution >= 4 is 40.1 Å². The summed E-state index contributed by atoms with van der Waals surface area (Å²) in [4.78, 5) is 25.4. The SMILES string of the molecule is COc1cc(SC)ccc1C(=O)OCC(=O)Nc1ccc2ccccc2c1. The van der Waals surface area contributed by atoms with Crippen molar-refractivity contribution in [1.29, 1.82) is 0 Å². The maximum Gasteiger partial charge on any atom is 0.342 e. The van der Waals surface area contributed by atoms with E-state index in [1.54, 1.807) is 30.0 Å². The Kier molecular flexibility index (Phi) is 5.98. The first-order valence-electron chi connectivity index (χ1n) is 8.28. The fraction of sp³-hybridized carbons (Fsp3) is 0.143. The van der Waals surface area contributed by atoms with Gasteiger partial charge in [0, 0.05) is 10.6 Å². The van der Waals surface area contributed by atoms with E-state index in [1.165, 1.54) is 7.11 Å². The van der Waals surface area contributed by atoms with Crippen LogP contribution in [0.4, 0.5) is 5.69 Å². The van der Waals surface area contributed by atoms with E-state index in [0.29, 0.717) is 11.4 Å². The second-order valence-electron chi connectivity index (χ2n) is 5.75. The van der Waals surface area contributed by atoms with Gasteiger partial charge in [0.05, 0.1) is 7.11 Å². The van der Waals surface area contributed by atoms with Crippen LogP contribution in [0.2, 0.25) is 0 Å². The molecular weight excluding hydrogens is 362 g/mol. The molecule has 1 amide bonds. The van der Waals surface area contributed by atoms with Crippen LogP contribution in [0.3, 0.4) is 0 Å². The summed E-state index contributed by atoms with van der Waals surface area (Å²) in [6.07, 6.45) is 1.93. The van der Waals surface area contributed by atoms with Crippen molar-refractivity contribution in [2.45, 2.75) is 4.90 Å². The molecule has 6 heteroatoms. The van der Waals surface area contributed by atoms with Crippen LogP contribution in [0.25, 0.3) is 10.8 Å². The van der Waals surface area contributed by atoms with E-state index in [-0.39, 0.29) is 12.2 Å². The van der Waals surface area contributed by atoms with Gasteiger partial charge in [-0.15, -0.1) is 11.8 Å². The normalized spacial score (nSPS) is 10.4. The number of carbonyl (C=O) groups excluding carboxylic acids is 2. The number of ether oxygens (including phenoxy) is 2. The molecule has 3 aromatic rings. The zero-order valence-corrected chi connectivity index (χ0v) is 15.8. The summed E-state index contributed by atoms with van der Waals surface area (Å²) < 4.78 is 10.4. The van der Waals surface area contributed by atoms with Gasteiger partial charge in [0.2, 0.25) is 0 Å². The first kappa shape index (κ1) is 18.8. The average molecular weight is 381 g/mol. The molecule has 27 heavy (non-hydrogen) atoms. The highest BCUT2D eigenvalue weighted by Gasteiger charge is 2.16. The summed E-state index contributed by atoms with van der Waals surface area (Å²) in [5, 5.41) is 4.84. The number of rotatable bonds is 6. The monoisotopic (exact) mass is 381 g/mol. The van der Waals surface area contributed by atoms with E-state index in [0.717, 1.165) is 15.7 Å². The third kappa shape index (κ3) is 4.60. The fourth-order valence-corrected chi connectivity index (χ4v) is 3.07. The third-order valence-electron chi connectivity index (χ3n) is 4.00. The van der Waals surface area contributed by atoms with E-state index < -0.39 is 11.9 Å². The lowest BCUT2D eigenvalue weighted by molar-refractivity contribution is -0.119. The summed E-state index contributed by atoms with van der Waals surface area (Å²) in [6, 6.07) is 18.7. The molecule has 0 aromatic heterocycles. The molecule has 0 spiro atoms. The number of thioether (sulfide) groups is 1. The second-order valence-corrected chi connectivity index (χ2v) is 6.63. The minimum atomic E-state index is -0.604. The Bertz CT molecular complexity index is 987. The maximum atomic E-state index is 12.3. The fourth-order valence-electron chi connectivity index (χ4n) is 2.64. The molecule has 0 aliphatic heterocycles. The Labute approximate surface area is 161 Å². The molecule has 0 heterocycles. The first-order chi connectivity index (χ1) is 13.1. The van der Waals surface area contributed by atoms with Crippen LogP contribution in [0, 0.1) is 0 Å². The molecule has 0 atom stereocenters. The Hall–Kier alpha value is -2.99. The highest BCUT2D eigenvalue weighted by Crippen LogP contribution is 2.26. The summed E-state index contributed by atoms with van der Waals surface area (Å²) in [5.74, 6) is -0.590. The average Bonchev–Trinajstić information content (AvgIpc) is 2.71. The number of methoxy groups -OCH3 is 1. The Balaban J connectivity index is 1.62. The molecule has 0 aliphatic carbocycles. The molecule has 138 valence electrons. The topological polar surface area (TPSA) is 64.6 Å². The Morgan fingerprint density at radius 1 is 1.00 bits per heavy atom. The number of esters is 1. The molecule has 0 fully saturated rings. The van der Waals surface area contributed by atoms with Crippen LogP contribution in [-0.2, 0) is 9.53 Å². The Morgan fingerprint density at radius 2 is 1.78 bits per heavy atom. The highest BCUT2D eigenvalue weighted by molar-refractivity contribution is 7.98. The van der Waals surface area contributed by atoms with Crippen molar-refractivity contribution < 1.29 is 19.1 Å². The van der Waals surface area contributed by atoms with Crippen molar-refractivity contribution in [1.82, 2.24) is 0 Å². The van der Waals surface area contributed by atoms with Crippen LogP contribution in [-0.4, -0.2) is 31.8 Å². The number of hydrogen-bond donors (Lipinski definition) is 1. The standard InChI is InChI=1S/C21H19NO4S/c1-25-19-12-17(27-2)9-10-18(19)21(24)26-13-20(23)22-16-8-7-14-5-3-4-6-15(14)11-16/h3-12H,13H2,1-2H3,(H,22,23). The molecule has 0 unspecified atom stereocenters. The van der Waals surface area contributed by atoms with Gasteiger partial charge in [-0.2, -0.15) is 0 Å². The number of fused-ring (bicyclic) bond motifs is 1. The van der Waals surface area contributed by atoms with Crippen LogP contribution >= 0.6 is 11.8 Å². The number of nitrogens with one attached hydrogen (secondary N) is 1. The van der Waals surface area contributed by atoms with E-state index in [1.807, 2.05) is 48.7 Å². The minimum Gasteiger partial charge on any atom is -0.496 e. The number of amides is 1. The van der Waals surface area contributed by atoms with Crippen molar-refractivity contribution in [3.05, 3.63) is 66.2 Å². The summed E-state index contributed by atoms with van der Waals surface area (Å²) >= 11 is 1.54. The van der Waals surface area contributed by atoms with E-state index in [2.05, 4.69) is 5.32 Å². The van der Waals surface area contributed by atoms with Crippen LogP contribution < -0.4 is 10.1 Å². The second kappa shape index (κ2) is 8.60. The van der Waals surface area contributed by atoms with Gasteiger partial charge in [-0.05, 0) is 47.4 Å². The number of benzene rings is 3. The first-order valence-corrected chi connectivity index (χ1v) is 9.51. The highest BCUT2D eigenvalue weighted by atomic mass is 32.2. The molecule has 3 aromatic carbocycles. The van der Waals surface area contributed by atoms with Crippen LogP contribution in [0.1, 0.15) is 10.4 Å². The predicted molar refractivity (Wildman–Crippen MR) is 108 cm³/mol. The predicted octanol–water partition coefficient (Wildman–Crippen LogP) is 4.37. The van der Waals surface area contributed by atoms with Crippen LogP contribution in [0.5, 0.6) is 5.75 Å². The molecule has 3 rings (SSSR count). The van der Waals surface area contributed by atoms with Crippen LogP contribution in [0.15, 0.2) is 65.6 Å². The smallest absolute Gasteiger partial charge is 0.342 e. The summed E-state index contributed by atoms with van der Waals surface area (Å²) in [5.41, 5.74) is 0.936. The van der Waals surface area contributed by atoms with Gasteiger partial charge in [-0.3, -0.25) is 4.79 Å². The van der Waals surface area contributed by atoms with Gasteiger partial charge in [0.1, 0.15) is 11.3 Å². The van der Waals surface area contributed by atoms with E-state index in [9.17, 15) is 9.59 Å². The van der Waals surface area contributed by atoms with Gasteiger partial charge in [-0.1, -0.05) is 30.3 Å². The summed E-state index contributed by atoms with van der Waals surface area (Å²) in [7, 11) is 1.49. The van der Waals surface area contributed by atoms with Crippen molar-refractivity contribution in [2.24, 2.45) is 0 Å². The minimum absolute atomic E-state index is 0.286. The van der Waals surface area contributed by atoms with E-state index in [4.69, 9.17) is 9.47 Å². The van der Waals surface area contributed by atoms with E-state index >= 15 is 0 Å². The largest absolute Gasteiger partial charge is 0.496 e. The molecule has 5 nitrogen and oxygen atoms in total. The van der Waals surface area contributed by atoms with Gasteiger partial charge < -0.3 is 14.8 Å². The maximum absolute atomic E-state index is 12.3. The molecule has 0 radical (unpaired) electrons. The molecule has 0 saturated heterocycles. The van der Waals surface area contributed by atoms with Gasteiger partial charge in [-0.25, -0.2) is 4.79 Å². The van der Waals surface area contributed by atoms with Crippen molar-refractivity contribution in [3.63, 3.8) is 0 Å². The van der Waals surface area contributed by atoms with Crippen molar-refractivity contribution in [3.8, 4) is 5.75 Å². The lowest BCUT2D eigenvalue weighted by Gasteiger charge is -2.10. The van der Waals surface area contributed by atoms with Gasteiger partial charge >= 0.3 is 5.97 Å². The number of hydrogen-bond acceptors (Lipinski definition) is 5. The molecular formula is C21H19NO4S. The Morgan fingerprint density at radius 3 is 2.52 bits per heavy atom. The zero-order valence-electron chi connectivity index (χ0n) is 15.0. The lowest BCUT2D eigenvalue weighted by Crippen LogP contribution is -2.21. The number of anilines is 1. The zero-order chi connectivity index (χ0) is 19.2. The molecule has 1 N–H and O–H groups in total. The lowest BCUT2D eigenvalue weighted by atomic mass is 10.1. The summed E-state index contributed by atoms with van der Waals surface area (Å²) in [6.45, 7) is -0.376.